The SMILES string of the molecule is COc1ccc(Nc2ncncc2-c2nc(-c3ccccc3)no2)cc1F. The molecule has 2 aromatic heterocycles. The largest absolute Gasteiger partial charge is 0.494 e. The Morgan fingerprint density at radius 3 is 2.74 bits per heavy atom. The van der Waals surface area contributed by atoms with E-state index in [4.69, 9.17) is 9.26 Å². The molecule has 2 heterocycles. The highest BCUT2D eigenvalue weighted by atomic mass is 19.1. The first-order valence-electron chi connectivity index (χ1n) is 8.04. The third-order valence-corrected chi connectivity index (χ3v) is 3.82. The van der Waals surface area contributed by atoms with Gasteiger partial charge in [0.2, 0.25) is 5.82 Å². The molecule has 8 heteroatoms. The Hall–Kier alpha value is -3.81. The zero-order chi connectivity index (χ0) is 18.6. The second kappa shape index (κ2) is 7.20. The van der Waals surface area contributed by atoms with E-state index in [0.717, 1.165) is 5.56 Å². The molecule has 2 aromatic carbocycles. The van der Waals surface area contributed by atoms with E-state index in [0.29, 0.717) is 22.9 Å². The minimum Gasteiger partial charge on any atom is -0.494 e. The Balaban J connectivity index is 1.66. The van der Waals surface area contributed by atoms with Crippen LogP contribution in [0.1, 0.15) is 0 Å². The van der Waals surface area contributed by atoms with Crippen molar-refractivity contribution in [2.45, 2.75) is 0 Å². The Labute approximate surface area is 153 Å². The summed E-state index contributed by atoms with van der Waals surface area (Å²) in [5.41, 5.74) is 1.83. The molecule has 0 saturated heterocycles. The monoisotopic (exact) mass is 363 g/mol. The zero-order valence-electron chi connectivity index (χ0n) is 14.3. The Bertz CT molecular complexity index is 1070. The molecule has 1 N–H and O–H groups in total. The molecular weight excluding hydrogens is 349 g/mol. The van der Waals surface area contributed by atoms with Gasteiger partial charge in [0, 0.05) is 23.5 Å². The maximum atomic E-state index is 13.9. The van der Waals surface area contributed by atoms with Crippen LogP contribution in [0.2, 0.25) is 0 Å². The molecule has 0 spiro atoms. The van der Waals surface area contributed by atoms with Gasteiger partial charge < -0.3 is 14.6 Å². The van der Waals surface area contributed by atoms with Crippen molar-refractivity contribution in [1.82, 2.24) is 20.1 Å². The van der Waals surface area contributed by atoms with Crippen LogP contribution in [0.15, 0.2) is 65.6 Å². The minimum atomic E-state index is -0.484. The van der Waals surface area contributed by atoms with Gasteiger partial charge >= 0.3 is 0 Å². The fourth-order valence-electron chi connectivity index (χ4n) is 2.50. The number of benzene rings is 2. The fourth-order valence-corrected chi connectivity index (χ4v) is 2.50. The van der Waals surface area contributed by atoms with Crippen LogP contribution in [0, 0.1) is 5.82 Å². The molecule has 27 heavy (non-hydrogen) atoms. The lowest BCUT2D eigenvalue weighted by atomic mass is 10.2. The molecule has 0 saturated carbocycles. The van der Waals surface area contributed by atoms with Gasteiger partial charge in [-0.05, 0) is 12.1 Å². The average molecular weight is 363 g/mol. The number of nitrogens with zero attached hydrogens (tertiary/aromatic N) is 4. The number of rotatable bonds is 5. The zero-order valence-corrected chi connectivity index (χ0v) is 14.3. The van der Waals surface area contributed by atoms with Crippen LogP contribution in [0.25, 0.3) is 22.8 Å². The van der Waals surface area contributed by atoms with Crippen LogP contribution in [0.3, 0.4) is 0 Å². The van der Waals surface area contributed by atoms with E-state index in [1.54, 1.807) is 12.3 Å². The topological polar surface area (TPSA) is 86.0 Å². The number of methoxy groups -OCH3 is 1. The molecule has 4 aromatic rings. The van der Waals surface area contributed by atoms with E-state index in [1.165, 1.54) is 25.6 Å². The van der Waals surface area contributed by atoms with E-state index < -0.39 is 5.82 Å². The summed E-state index contributed by atoms with van der Waals surface area (Å²) in [6.07, 6.45) is 2.93. The summed E-state index contributed by atoms with van der Waals surface area (Å²) >= 11 is 0. The van der Waals surface area contributed by atoms with Crippen molar-refractivity contribution in [2.24, 2.45) is 0 Å². The van der Waals surface area contributed by atoms with Crippen LogP contribution in [0.5, 0.6) is 5.75 Å². The summed E-state index contributed by atoms with van der Waals surface area (Å²) in [4.78, 5) is 12.6. The number of ether oxygens (including phenoxy) is 1. The molecular formula is C19H14FN5O2. The van der Waals surface area contributed by atoms with Crippen molar-refractivity contribution < 1.29 is 13.7 Å². The number of anilines is 2. The standard InChI is InChI=1S/C19H14FN5O2/c1-26-16-8-7-13(9-15(16)20)23-18-14(10-21-11-22-18)19-24-17(25-27-19)12-5-3-2-4-6-12/h2-11H,1H3,(H,21,22,23). The van der Waals surface area contributed by atoms with Gasteiger partial charge in [0.05, 0.1) is 7.11 Å². The van der Waals surface area contributed by atoms with Crippen molar-refractivity contribution in [3.63, 3.8) is 0 Å². The highest BCUT2D eigenvalue weighted by Crippen LogP contribution is 2.29. The molecule has 0 fully saturated rings. The molecule has 134 valence electrons. The number of hydrogen-bond donors (Lipinski definition) is 1. The maximum absolute atomic E-state index is 13.9. The van der Waals surface area contributed by atoms with E-state index in [1.807, 2.05) is 30.3 Å². The van der Waals surface area contributed by atoms with Crippen LogP contribution in [0.4, 0.5) is 15.9 Å². The first kappa shape index (κ1) is 16.6. The highest BCUT2D eigenvalue weighted by Gasteiger charge is 2.16. The Morgan fingerprint density at radius 2 is 1.96 bits per heavy atom. The van der Waals surface area contributed by atoms with Gasteiger partial charge in [-0.3, -0.25) is 0 Å². The second-order valence-corrected chi connectivity index (χ2v) is 5.55. The van der Waals surface area contributed by atoms with Gasteiger partial charge in [0.1, 0.15) is 17.7 Å². The number of nitrogens with one attached hydrogen (secondary N) is 1. The lowest BCUT2D eigenvalue weighted by molar-refractivity contribution is 0.386. The van der Waals surface area contributed by atoms with E-state index >= 15 is 0 Å². The summed E-state index contributed by atoms with van der Waals surface area (Å²) < 4.78 is 24.2. The normalized spacial score (nSPS) is 10.6. The van der Waals surface area contributed by atoms with Crippen molar-refractivity contribution in [1.29, 1.82) is 0 Å². The predicted octanol–water partition coefficient (Wildman–Crippen LogP) is 4.08. The summed E-state index contributed by atoms with van der Waals surface area (Å²) in [5.74, 6) is 0.801. The van der Waals surface area contributed by atoms with Gasteiger partial charge in [-0.2, -0.15) is 4.98 Å². The summed E-state index contributed by atoms with van der Waals surface area (Å²) in [5, 5.41) is 7.04. The maximum Gasteiger partial charge on any atom is 0.263 e. The number of hydrogen-bond acceptors (Lipinski definition) is 7. The number of halogens is 1. The van der Waals surface area contributed by atoms with Crippen LogP contribution >= 0.6 is 0 Å². The van der Waals surface area contributed by atoms with Gasteiger partial charge in [-0.25, -0.2) is 14.4 Å². The fraction of sp³-hybridized carbons (Fsp3) is 0.0526. The second-order valence-electron chi connectivity index (χ2n) is 5.55. The van der Waals surface area contributed by atoms with Crippen LogP contribution in [-0.2, 0) is 0 Å². The van der Waals surface area contributed by atoms with Crippen LogP contribution in [-0.4, -0.2) is 27.2 Å². The van der Waals surface area contributed by atoms with Gasteiger partial charge in [0.25, 0.3) is 5.89 Å². The summed E-state index contributed by atoms with van der Waals surface area (Å²) in [7, 11) is 1.41. The molecule has 0 aliphatic carbocycles. The summed E-state index contributed by atoms with van der Waals surface area (Å²) in [6.45, 7) is 0. The molecule has 7 nitrogen and oxygen atoms in total. The highest BCUT2D eigenvalue weighted by molar-refractivity contribution is 5.73. The Kier molecular flexibility index (Phi) is 4.44. The molecule has 0 aliphatic rings. The third-order valence-electron chi connectivity index (χ3n) is 3.82. The molecule has 0 atom stereocenters. The number of aromatic nitrogens is 4. The molecule has 0 aliphatic heterocycles. The predicted molar refractivity (Wildman–Crippen MR) is 97.0 cm³/mol. The van der Waals surface area contributed by atoms with E-state index in [2.05, 4.69) is 25.4 Å². The lowest BCUT2D eigenvalue weighted by Crippen LogP contribution is -1.98. The quantitative estimate of drug-likeness (QED) is 0.571. The lowest BCUT2D eigenvalue weighted by Gasteiger charge is -2.09. The van der Waals surface area contributed by atoms with Gasteiger partial charge in [-0.15, -0.1) is 0 Å². The third kappa shape index (κ3) is 3.45. The molecule has 4 rings (SSSR count). The molecule has 0 unspecified atom stereocenters. The minimum absolute atomic E-state index is 0.160. The van der Waals surface area contributed by atoms with Crippen molar-refractivity contribution in [3.8, 4) is 28.6 Å². The smallest absolute Gasteiger partial charge is 0.263 e. The van der Waals surface area contributed by atoms with Crippen molar-refractivity contribution in [3.05, 3.63) is 66.9 Å². The Morgan fingerprint density at radius 1 is 1.11 bits per heavy atom. The molecule has 0 bridgehead atoms. The average Bonchev–Trinajstić information content (AvgIpc) is 3.19. The van der Waals surface area contributed by atoms with Gasteiger partial charge in [0.15, 0.2) is 11.6 Å². The van der Waals surface area contributed by atoms with E-state index in [-0.39, 0.29) is 11.6 Å². The first-order valence-corrected chi connectivity index (χ1v) is 8.04. The summed E-state index contributed by atoms with van der Waals surface area (Å²) in [6, 6.07) is 14.0. The van der Waals surface area contributed by atoms with Gasteiger partial charge in [-0.1, -0.05) is 35.5 Å². The van der Waals surface area contributed by atoms with Crippen molar-refractivity contribution in [2.75, 3.05) is 12.4 Å². The molecule has 0 amide bonds. The van der Waals surface area contributed by atoms with E-state index in [9.17, 15) is 4.39 Å². The first-order chi connectivity index (χ1) is 13.2. The van der Waals surface area contributed by atoms with Crippen molar-refractivity contribution >= 4 is 11.5 Å². The van der Waals surface area contributed by atoms with Crippen LogP contribution < -0.4 is 10.1 Å². The molecule has 0 radical (unpaired) electrons.